The lowest BCUT2D eigenvalue weighted by Crippen LogP contribution is -2.44. The molecule has 0 aliphatic carbocycles. The number of carbonyl (C=O) groups is 2. The predicted molar refractivity (Wildman–Crippen MR) is 68.9 cm³/mol. The molecule has 0 aromatic carbocycles. The number of nitrogens with one attached hydrogen (secondary N) is 1. The third kappa shape index (κ3) is 4.29. The Labute approximate surface area is 109 Å². The maximum Gasteiger partial charge on any atom is 0.223 e. The molecule has 2 N–H and O–H groups in total. The average Bonchev–Trinajstić information content (AvgIpc) is 2.36. The molecule has 0 atom stereocenters. The summed E-state index contributed by atoms with van der Waals surface area (Å²) in [5.74, 6) is 0.116. The molecule has 0 radical (unpaired) electrons. The number of carbonyl (C=O) groups excluding carboxylic acids is 2. The summed E-state index contributed by atoms with van der Waals surface area (Å²) in [5.41, 5.74) is -0.282. The Hall–Kier alpha value is -1.10. The molecule has 1 saturated heterocycles. The average molecular weight is 256 g/mol. The Morgan fingerprint density at radius 3 is 2.33 bits per heavy atom. The zero-order valence-electron chi connectivity index (χ0n) is 11.5. The van der Waals surface area contributed by atoms with Crippen LogP contribution < -0.4 is 5.32 Å². The summed E-state index contributed by atoms with van der Waals surface area (Å²) in [4.78, 5) is 24.9. The zero-order chi connectivity index (χ0) is 13.8. The number of piperidine rings is 1. The number of aliphatic hydroxyl groups is 1. The fourth-order valence-electron chi connectivity index (χ4n) is 1.98. The largest absolute Gasteiger partial charge is 0.396 e. The number of rotatable bonds is 4. The van der Waals surface area contributed by atoms with E-state index in [0.717, 1.165) is 12.8 Å². The van der Waals surface area contributed by atoms with E-state index < -0.39 is 0 Å². The normalized spacial score (nSPS) is 17.7. The number of hydrogen-bond acceptors (Lipinski definition) is 3. The Bertz CT molecular complexity index is 307. The van der Waals surface area contributed by atoms with Crippen LogP contribution in [0.2, 0.25) is 0 Å². The third-order valence-electron chi connectivity index (χ3n) is 3.48. The Balaban J connectivity index is 2.34. The SMILES string of the molecule is CC(=O)N1CCC(C(=O)NCC(C)(C)CO)CC1. The van der Waals surface area contributed by atoms with Crippen LogP contribution in [0.25, 0.3) is 0 Å². The molecule has 2 amide bonds. The molecule has 0 bridgehead atoms. The van der Waals surface area contributed by atoms with Gasteiger partial charge in [-0.25, -0.2) is 0 Å². The molecule has 0 unspecified atom stereocenters. The quantitative estimate of drug-likeness (QED) is 0.764. The maximum absolute atomic E-state index is 11.9. The Morgan fingerprint density at radius 2 is 1.89 bits per heavy atom. The number of aliphatic hydroxyl groups excluding tert-OH is 1. The third-order valence-corrected chi connectivity index (χ3v) is 3.48. The second-order valence-electron chi connectivity index (χ2n) is 5.82. The predicted octanol–water partition coefficient (Wildman–Crippen LogP) is 0.380. The van der Waals surface area contributed by atoms with Crippen molar-refractivity contribution in [3.63, 3.8) is 0 Å². The standard InChI is InChI=1S/C13H24N2O3/c1-10(17)15-6-4-11(5-7-15)12(18)14-8-13(2,3)9-16/h11,16H,4-9H2,1-3H3,(H,14,18). The van der Waals surface area contributed by atoms with Crippen LogP contribution in [0.1, 0.15) is 33.6 Å². The molecular weight excluding hydrogens is 232 g/mol. The molecule has 5 nitrogen and oxygen atoms in total. The van der Waals surface area contributed by atoms with Gasteiger partial charge in [-0.15, -0.1) is 0 Å². The van der Waals surface area contributed by atoms with E-state index in [9.17, 15) is 9.59 Å². The van der Waals surface area contributed by atoms with E-state index in [-0.39, 0.29) is 29.8 Å². The van der Waals surface area contributed by atoms with Crippen molar-refractivity contribution < 1.29 is 14.7 Å². The fraction of sp³-hybridized carbons (Fsp3) is 0.846. The van der Waals surface area contributed by atoms with Crippen molar-refractivity contribution in [1.82, 2.24) is 10.2 Å². The van der Waals surface area contributed by atoms with Gasteiger partial charge in [0.1, 0.15) is 0 Å². The first-order valence-corrected chi connectivity index (χ1v) is 6.50. The van der Waals surface area contributed by atoms with E-state index in [2.05, 4.69) is 5.32 Å². The molecule has 0 aromatic heterocycles. The van der Waals surface area contributed by atoms with E-state index in [1.807, 2.05) is 13.8 Å². The fourth-order valence-corrected chi connectivity index (χ4v) is 1.98. The van der Waals surface area contributed by atoms with Crippen molar-refractivity contribution in [3.05, 3.63) is 0 Å². The van der Waals surface area contributed by atoms with Crippen molar-refractivity contribution >= 4 is 11.8 Å². The van der Waals surface area contributed by atoms with Crippen molar-refractivity contribution in [2.45, 2.75) is 33.6 Å². The van der Waals surface area contributed by atoms with Crippen LogP contribution >= 0.6 is 0 Å². The molecule has 1 fully saturated rings. The molecule has 1 aliphatic rings. The monoisotopic (exact) mass is 256 g/mol. The minimum atomic E-state index is -0.282. The second-order valence-corrected chi connectivity index (χ2v) is 5.82. The summed E-state index contributed by atoms with van der Waals surface area (Å²) in [6.07, 6.45) is 1.45. The summed E-state index contributed by atoms with van der Waals surface area (Å²) >= 11 is 0. The van der Waals surface area contributed by atoms with Gasteiger partial charge in [-0.05, 0) is 12.8 Å². The second kappa shape index (κ2) is 6.18. The first-order valence-electron chi connectivity index (χ1n) is 6.50. The molecule has 1 aliphatic heterocycles. The number of amides is 2. The molecular formula is C13H24N2O3. The highest BCUT2D eigenvalue weighted by Gasteiger charge is 2.27. The van der Waals surface area contributed by atoms with Gasteiger partial charge in [0.05, 0.1) is 0 Å². The minimum absolute atomic E-state index is 0.00454. The van der Waals surface area contributed by atoms with E-state index in [1.54, 1.807) is 11.8 Å². The highest BCUT2D eigenvalue weighted by Crippen LogP contribution is 2.18. The van der Waals surface area contributed by atoms with Gasteiger partial charge in [0.25, 0.3) is 0 Å². The van der Waals surface area contributed by atoms with Crippen molar-refractivity contribution in [3.8, 4) is 0 Å². The summed E-state index contributed by atoms with van der Waals surface area (Å²) in [5, 5.41) is 12.0. The molecule has 0 aromatic rings. The molecule has 1 rings (SSSR count). The van der Waals surface area contributed by atoms with E-state index in [0.29, 0.717) is 19.6 Å². The summed E-state index contributed by atoms with van der Waals surface area (Å²) < 4.78 is 0. The number of nitrogens with zero attached hydrogens (tertiary/aromatic N) is 1. The summed E-state index contributed by atoms with van der Waals surface area (Å²) in [7, 11) is 0. The molecule has 18 heavy (non-hydrogen) atoms. The van der Waals surface area contributed by atoms with Crippen LogP contribution in [-0.2, 0) is 9.59 Å². The van der Waals surface area contributed by atoms with Crippen molar-refractivity contribution in [2.24, 2.45) is 11.3 Å². The molecule has 104 valence electrons. The van der Waals surface area contributed by atoms with Crippen molar-refractivity contribution in [1.29, 1.82) is 0 Å². The van der Waals surface area contributed by atoms with Gasteiger partial charge >= 0.3 is 0 Å². The van der Waals surface area contributed by atoms with Gasteiger partial charge in [-0.1, -0.05) is 13.8 Å². The van der Waals surface area contributed by atoms with Gasteiger partial charge in [-0.3, -0.25) is 9.59 Å². The molecule has 0 saturated carbocycles. The van der Waals surface area contributed by atoms with E-state index >= 15 is 0 Å². The van der Waals surface area contributed by atoms with Crippen LogP contribution in [0.4, 0.5) is 0 Å². The van der Waals surface area contributed by atoms with Gasteiger partial charge in [-0.2, -0.15) is 0 Å². The lowest BCUT2D eigenvalue weighted by Gasteiger charge is -2.31. The molecule has 1 heterocycles. The Morgan fingerprint density at radius 1 is 1.33 bits per heavy atom. The van der Waals surface area contributed by atoms with Gasteiger partial charge in [0.15, 0.2) is 0 Å². The molecule has 0 spiro atoms. The van der Waals surface area contributed by atoms with Gasteiger partial charge < -0.3 is 15.3 Å². The van der Waals surface area contributed by atoms with Crippen LogP contribution in [0.15, 0.2) is 0 Å². The first-order chi connectivity index (χ1) is 8.35. The van der Waals surface area contributed by atoms with Crippen LogP contribution in [-0.4, -0.2) is 48.1 Å². The topological polar surface area (TPSA) is 69.6 Å². The smallest absolute Gasteiger partial charge is 0.223 e. The number of hydrogen-bond donors (Lipinski definition) is 2. The van der Waals surface area contributed by atoms with E-state index in [1.165, 1.54) is 0 Å². The van der Waals surface area contributed by atoms with Gasteiger partial charge in [0.2, 0.25) is 11.8 Å². The highest BCUT2D eigenvalue weighted by molar-refractivity contribution is 5.79. The van der Waals surface area contributed by atoms with Crippen LogP contribution in [0, 0.1) is 11.3 Å². The summed E-state index contributed by atoms with van der Waals surface area (Å²) in [6, 6.07) is 0. The minimum Gasteiger partial charge on any atom is -0.396 e. The summed E-state index contributed by atoms with van der Waals surface area (Å²) in [6.45, 7) is 7.24. The lowest BCUT2D eigenvalue weighted by molar-refractivity contribution is -0.134. The van der Waals surface area contributed by atoms with Crippen molar-refractivity contribution in [2.75, 3.05) is 26.2 Å². The van der Waals surface area contributed by atoms with Gasteiger partial charge in [0, 0.05) is 44.5 Å². The zero-order valence-corrected chi connectivity index (χ0v) is 11.5. The van der Waals surface area contributed by atoms with Crippen LogP contribution in [0.5, 0.6) is 0 Å². The highest BCUT2D eigenvalue weighted by atomic mass is 16.3. The maximum atomic E-state index is 11.9. The Kier molecular flexibility index (Phi) is 5.14. The lowest BCUT2D eigenvalue weighted by atomic mass is 9.92. The molecule has 5 heteroatoms. The van der Waals surface area contributed by atoms with Crippen LogP contribution in [0.3, 0.4) is 0 Å². The number of likely N-dealkylation sites (tertiary alicyclic amines) is 1. The van der Waals surface area contributed by atoms with E-state index in [4.69, 9.17) is 5.11 Å². The first kappa shape index (κ1) is 15.0.